The lowest BCUT2D eigenvalue weighted by Gasteiger charge is -2.08. The van der Waals surface area contributed by atoms with E-state index in [1.54, 1.807) is 24.5 Å². The Morgan fingerprint density at radius 2 is 2.00 bits per heavy atom. The number of nitrogens with one attached hydrogen (secondary N) is 2. The van der Waals surface area contributed by atoms with Gasteiger partial charge in [0, 0.05) is 12.4 Å². The fraction of sp³-hybridized carbons (Fsp3) is 0.111. The van der Waals surface area contributed by atoms with Crippen molar-refractivity contribution in [3.63, 3.8) is 0 Å². The van der Waals surface area contributed by atoms with E-state index in [9.17, 15) is 18.0 Å². The molecular weight excluding hydrogens is 421 g/mol. The average Bonchev–Trinajstić information content (AvgIpc) is 3.29. The first-order valence-corrected chi connectivity index (χ1v) is 9.28. The van der Waals surface area contributed by atoms with Crippen LogP contribution in [0.15, 0.2) is 42.7 Å². The third-order valence-electron chi connectivity index (χ3n) is 4.19. The van der Waals surface area contributed by atoms with Gasteiger partial charge in [-0.2, -0.15) is 13.2 Å². The summed E-state index contributed by atoms with van der Waals surface area (Å²) in [6.45, 7) is 1.68. The van der Waals surface area contributed by atoms with Crippen LogP contribution in [0, 0.1) is 6.92 Å². The number of pyridine rings is 1. The minimum atomic E-state index is -4.46. The number of amides is 1. The van der Waals surface area contributed by atoms with Crippen molar-refractivity contribution in [2.75, 3.05) is 5.32 Å². The molecule has 0 atom stereocenters. The van der Waals surface area contributed by atoms with Gasteiger partial charge in [-0.15, -0.1) is 11.3 Å². The molecule has 0 saturated heterocycles. The topological polar surface area (TPSA) is 104 Å². The summed E-state index contributed by atoms with van der Waals surface area (Å²) in [7, 11) is 0. The van der Waals surface area contributed by atoms with E-state index in [1.165, 1.54) is 22.9 Å². The lowest BCUT2D eigenvalue weighted by atomic mass is 10.2. The van der Waals surface area contributed by atoms with Crippen LogP contribution in [0.5, 0.6) is 0 Å². The number of hydroxylamine groups is 1. The number of hydrogen-bond acceptors (Lipinski definition) is 7. The quantitative estimate of drug-likeness (QED) is 0.331. The number of hydrogen-bond donors (Lipinski definition) is 3. The number of anilines is 2. The highest BCUT2D eigenvalue weighted by molar-refractivity contribution is 7.18. The molecule has 30 heavy (non-hydrogen) atoms. The fourth-order valence-electron chi connectivity index (χ4n) is 2.89. The normalized spacial score (nSPS) is 11.6. The van der Waals surface area contributed by atoms with Crippen LogP contribution >= 0.6 is 11.3 Å². The molecule has 4 rings (SSSR count). The van der Waals surface area contributed by atoms with Crippen molar-refractivity contribution >= 4 is 33.8 Å². The van der Waals surface area contributed by atoms with E-state index >= 15 is 0 Å². The Morgan fingerprint density at radius 3 is 2.73 bits per heavy atom. The number of aromatic nitrogens is 4. The van der Waals surface area contributed by atoms with Crippen LogP contribution in [0.2, 0.25) is 0 Å². The number of halogens is 3. The molecule has 0 unspecified atom stereocenters. The van der Waals surface area contributed by atoms with Crippen molar-refractivity contribution in [1.82, 2.24) is 24.8 Å². The summed E-state index contributed by atoms with van der Waals surface area (Å²) in [5.74, 6) is -0.408. The lowest BCUT2D eigenvalue weighted by Crippen LogP contribution is -2.16. The Labute approximate surface area is 171 Å². The predicted molar refractivity (Wildman–Crippen MR) is 103 cm³/mol. The van der Waals surface area contributed by atoms with Gasteiger partial charge in [-0.05, 0) is 37.3 Å². The van der Waals surface area contributed by atoms with Gasteiger partial charge in [0.05, 0.1) is 32.5 Å². The van der Waals surface area contributed by atoms with Gasteiger partial charge >= 0.3 is 6.18 Å². The third kappa shape index (κ3) is 3.69. The standard InChI is InChI=1S/C18H13F3N6O2S/c1-9-15(27-7-5-10(18(19,20)21)8-13(27)23-9)11-4-6-22-17(24-11)25-14-3-2-12(30-14)16(28)26-29/h2-8,29H,1H3,(H,26,28)(H,22,24,25). The molecule has 12 heteroatoms. The van der Waals surface area contributed by atoms with Gasteiger partial charge in [0.2, 0.25) is 5.95 Å². The average molecular weight is 434 g/mol. The van der Waals surface area contributed by atoms with Gasteiger partial charge in [0.1, 0.15) is 5.65 Å². The fourth-order valence-corrected chi connectivity index (χ4v) is 3.68. The number of imidazole rings is 1. The van der Waals surface area contributed by atoms with Crippen LogP contribution in [-0.4, -0.2) is 30.5 Å². The first kappa shape index (κ1) is 19.8. The van der Waals surface area contributed by atoms with Crippen LogP contribution in [-0.2, 0) is 6.18 Å². The molecular formula is C18H13F3N6O2S. The number of alkyl halides is 3. The maximum Gasteiger partial charge on any atom is 0.416 e. The summed E-state index contributed by atoms with van der Waals surface area (Å²) in [5.41, 5.74) is 2.44. The molecule has 0 aliphatic carbocycles. The van der Waals surface area contributed by atoms with E-state index in [0.29, 0.717) is 22.1 Å². The number of thiophene rings is 1. The number of carbonyl (C=O) groups excluding carboxylic acids is 1. The number of rotatable bonds is 4. The van der Waals surface area contributed by atoms with E-state index in [-0.39, 0.29) is 16.5 Å². The zero-order valence-corrected chi connectivity index (χ0v) is 16.0. The monoisotopic (exact) mass is 434 g/mol. The number of fused-ring (bicyclic) bond motifs is 1. The molecule has 0 bridgehead atoms. The molecule has 0 fully saturated rings. The molecule has 4 aromatic rings. The number of carbonyl (C=O) groups is 1. The van der Waals surface area contributed by atoms with Gasteiger partial charge in [0.15, 0.2) is 0 Å². The van der Waals surface area contributed by atoms with Gasteiger partial charge in [-0.1, -0.05) is 0 Å². The zero-order chi connectivity index (χ0) is 21.5. The molecule has 0 aliphatic rings. The molecule has 8 nitrogen and oxygen atoms in total. The highest BCUT2D eigenvalue weighted by Gasteiger charge is 2.31. The van der Waals surface area contributed by atoms with Crippen molar-refractivity contribution in [2.24, 2.45) is 0 Å². The van der Waals surface area contributed by atoms with E-state index in [0.717, 1.165) is 23.5 Å². The Kier molecular flexibility index (Phi) is 4.87. The highest BCUT2D eigenvalue weighted by Crippen LogP contribution is 2.32. The predicted octanol–water partition coefficient (Wildman–Crippen LogP) is 4.04. The van der Waals surface area contributed by atoms with E-state index in [1.807, 2.05) is 0 Å². The second-order valence-corrected chi connectivity index (χ2v) is 7.27. The molecule has 0 aliphatic heterocycles. The second-order valence-electron chi connectivity index (χ2n) is 6.18. The first-order chi connectivity index (χ1) is 14.3. The van der Waals surface area contributed by atoms with Crippen LogP contribution in [0.4, 0.5) is 24.1 Å². The number of nitrogens with zero attached hydrogens (tertiary/aromatic N) is 4. The smallest absolute Gasteiger partial charge is 0.316 e. The van der Waals surface area contributed by atoms with Crippen LogP contribution in [0.25, 0.3) is 17.0 Å². The Bertz CT molecular complexity index is 1250. The molecule has 0 aromatic carbocycles. The minimum absolute atomic E-state index is 0.156. The summed E-state index contributed by atoms with van der Waals surface area (Å²) in [4.78, 5) is 24.5. The van der Waals surface area contributed by atoms with E-state index < -0.39 is 17.6 Å². The largest absolute Gasteiger partial charge is 0.416 e. The SMILES string of the molecule is Cc1nc2cc(C(F)(F)F)ccn2c1-c1ccnc(Nc2ccc(C(=O)NO)s2)n1. The Balaban J connectivity index is 1.68. The molecule has 4 aromatic heterocycles. The van der Waals surface area contributed by atoms with Crippen LogP contribution in [0.1, 0.15) is 20.9 Å². The molecule has 1 amide bonds. The Hall–Kier alpha value is -3.51. The van der Waals surface area contributed by atoms with Gasteiger partial charge in [-0.3, -0.25) is 14.4 Å². The van der Waals surface area contributed by atoms with Crippen molar-refractivity contribution in [2.45, 2.75) is 13.1 Å². The molecule has 0 radical (unpaired) electrons. The summed E-state index contributed by atoms with van der Waals surface area (Å²) >= 11 is 1.09. The van der Waals surface area contributed by atoms with Crippen molar-refractivity contribution in [3.8, 4) is 11.4 Å². The molecule has 0 saturated carbocycles. The molecule has 154 valence electrons. The zero-order valence-electron chi connectivity index (χ0n) is 15.2. The van der Waals surface area contributed by atoms with Crippen molar-refractivity contribution in [1.29, 1.82) is 0 Å². The summed E-state index contributed by atoms with van der Waals surface area (Å²) in [6.07, 6.45) is -1.65. The van der Waals surface area contributed by atoms with Crippen molar-refractivity contribution in [3.05, 3.63) is 58.9 Å². The molecule has 3 N–H and O–H groups in total. The van der Waals surface area contributed by atoms with Crippen molar-refractivity contribution < 1.29 is 23.2 Å². The van der Waals surface area contributed by atoms with Gasteiger partial charge < -0.3 is 5.32 Å². The first-order valence-electron chi connectivity index (χ1n) is 8.47. The summed E-state index contributed by atoms with van der Waals surface area (Å²) < 4.78 is 40.5. The summed E-state index contributed by atoms with van der Waals surface area (Å²) in [6, 6.07) is 6.74. The minimum Gasteiger partial charge on any atom is -0.316 e. The Morgan fingerprint density at radius 1 is 1.20 bits per heavy atom. The van der Waals surface area contributed by atoms with E-state index in [2.05, 4.69) is 20.3 Å². The van der Waals surface area contributed by atoms with Crippen LogP contribution in [0.3, 0.4) is 0 Å². The third-order valence-corrected chi connectivity index (χ3v) is 5.19. The lowest BCUT2D eigenvalue weighted by molar-refractivity contribution is -0.137. The number of aryl methyl sites for hydroxylation is 1. The second kappa shape index (κ2) is 7.39. The van der Waals surface area contributed by atoms with E-state index in [4.69, 9.17) is 5.21 Å². The highest BCUT2D eigenvalue weighted by atomic mass is 32.1. The van der Waals surface area contributed by atoms with Gasteiger partial charge in [-0.25, -0.2) is 20.4 Å². The molecule has 4 heterocycles. The maximum absolute atomic E-state index is 13.0. The summed E-state index contributed by atoms with van der Waals surface area (Å²) in [5, 5.41) is 12.2. The maximum atomic E-state index is 13.0. The van der Waals surface area contributed by atoms with Crippen LogP contribution < -0.4 is 10.8 Å². The molecule has 0 spiro atoms. The van der Waals surface area contributed by atoms with Gasteiger partial charge in [0.25, 0.3) is 5.91 Å².